The van der Waals surface area contributed by atoms with Crippen molar-refractivity contribution >= 4 is 39.5 Å². The van der Waals surface area contributed by atoms with Crippen LogP contribution in [0.15, 0.2) is 0 Å². The van der Waals surface area contributed by atoms with E-state index in [1.165, 1.54) is 225 Å². The summed E-state index contributed by atoms with van der Waals surface area (Å²) in [7, 11) is -9.92. The predicted octanol–water partition coefficient (Wildman–Crippen LogP) is 23.7. The highest BCUT2D eigenvalue weighted by atomic mass is 31.2. The van der Waals surface area contributed by atoms with E-state index in [0.717, 1.165) is 108 Å². The maximum atomic E-state index is 13.1. The molecule has 0 heterocycles. The summed E-state index contributed by atoms with van der Waals surface area (Å²) in [5.74, 6) is 0.261. The fraction of sp³-hybridized carbons (Fsp3) is 0.950. The summed E-state index contributed by atoms with van der Waals surface area (Å²) < 4.78 is 68.7. The van der Waals surface area contributed by atoms with Gasteiger partial charge in [-0.15, -0.1) is 0 Å². The number of aliphatic hydroxyl groups excluding tert-OH is 1. The second-order valence-corrected chi connectivity index (χ2v) is 32.9. The lowest BCUT2D eigenvalue weighted by molar-refractivity contribution is -0.161. The Morgan fingerprint density at radius 1 is 0.293 bits per heavy atom. The first-order valence-corrected chi connectivity index (χ1v) is 44.4. The highest BCUT2D eigenvalue weighted by Gasteiger charge is 2.30. The van der Waals surface area contributed by atoms with Crippen molar-refractivity contribution in [1.82, 2.24) is 0 Å². The van der Waals surface area contributed by atoms with Crippen molar-refractivity contribution in [2.75, 3.05) is 39.6 Å². The molecule has 0 saturated carbocycles. The Hall–Kier alpha value is -1.94. The molecule has 0 aromatic heterocycles. The van der Waals surface area contributed by atoms with E-state index in [0.29, 0.717) is 25.7 Å². The van der Waals surface area contributed by atoms with E-state index in [-0.39, 0.29) is 25.7 Å². The van der Waals surface area contributed by atoms with Crippen molar-refractivity contribution in [1.29, 1.82) is 0 Å². The summed E-state index contributed by atoms with van der Waals surface area (Å²) in [4.78, 5) is 73.0. The highest BCUT2D eigenvalue weighted by molar-refractivity contribution is 7.47. The van der Waals surface area contributed by atoms with Gasteiger partial charge in [0.2, 0.25) is 0 Å². The summed E-state index contributed by atoms with van der Waals surface area (Å²) in [6, 6.07) is 0. The molecule has 0 amide bonds. The molecule has 0 fully saturated rings. The number of hydrogen-bond donors (Lipinski definition) is 3. The van der Waals surface area contributed by atoms with Gasteiger partial charge in [-0.05, 0) is 43.4 Å². The molecule has 0 aromatic carbocycles. The van der Waals surface area contributed by atoms with Gasteiger partial charge in [0.15, 0.2) is 12.2 Å². The van der Waals surface area contributed by atoms with Gasteiger partial charge in [0.1, 0.15) is 19.3 Å². The largest absolute Gasteiger partial charge is 0.472 e. The molecule has 6 atom stereocenters. The standard InChI is InChI=1S/C80H156O17P2/c1-8-10-11-12-13-14-15-20-28-33-42-49-56-63-79(84)97-76(68-91-78(83)62-55-48-41-36-35-39-46-53-60-73(7)9-2)70-95-99(88,89)93-66-74(81)65-92-98(86,87)94-69-75(67-90-77(82)61-54-47-40-32-27-24-19-22-26-31-38-45-52-59-72(5)6)96-80(85)64-57-50-43-34-29-23-18-16-17-21-25-30-37-44-51-58-71(3)4/h71-76,81H,8-70H2,1-7H3,(H,86,87)(H,88,89)/t73?,74-,75-,76-/m1/s1. The zero-order valence-corrected chi connectivity index (χ0v) is 66.8. The number of carbonyl (C=O) groups excluding carboxylic acids is 4. The van der Waals surface area contributed by atoms with E-state index in [2.05, 4.69) is 48.5 Å². The molecule has 588 valence electrons. The van der Waals surface area contributed by atoms with Crippen LogP contribution in [0.2, 0.25) is 0 Å². The molecule has 19 heteroatoms. The monoisotopic (exact) mass is 1450 g/mol. The van der Waals surface area contributed by atoms with Crippen LogP contribution in [0.5, 0.6) is 0 Å². The Bertz CT molecular complexity index is 1920. The number of carbonyl (C=O) groups is 4. The van der Waals surface area contributed by atoms with Gasteiger partial charge in [-0.1, -0.05) is 363 Å². The average Bonchev–Trinajstić information content (AvgIpc) is 1.08. The summed E-state index contributed by atoms with van der Waals surface area (Å²) in [5.41, 5.74) is 0. The van der Waals surface area contributed by atoms with E-state index in [1.807, 2.05) is 0 Å². The van der Waals surface area contributed by atoms with Crippen molar-refractivity contribution in [3.05, 3.63) is 0 Å². The number of ether oxygens (including phenoxy) is 4. The summed E-state index contributed by atoms with van der Waals surface area (Å²) in [5, 5.41) is 10.6. The van der Waals surface area contributed by atoms with E-state index in [1.54, 1.807) is 0 Å². The molecule has 0 spiro atoms. The van der Waals surface area contributed by atoms with Gasteiger partial charge < -0.3 is 33.8 Å². The molecule has 0 rings (SSSR count). The lowest BCUT2D eigenvalue weighted by Crippen LogP contribution is -2.30. The fourth-order valence-electron chi connectivity index (χ4n) is 12.3. The smallest absolute Gasteiger partial charge is 0.462 e. The van der Waals surface area contributed by atoms with Crippen LogP contribution in [0, 0.1) is 17.8 Å². The van der Waals surface area contributed by atoms with Crippen molar-refractivity contribution in [2.24, 2.45) is 17.8 Å². The van der Waals surface area contributed by atoms with E-state index < -0.39 is 97.5 Å². The first kappa shape index (κ1) is 97.1. The minimum Gasteiger partial charge on any atom is -0.462 e. The second-order valence-electron chi connectivity index (χ2n) is 30.0. The number of esters is 4. The quantitative estimate of drug-likeness (QED) is 0.0222. The Morgan fingerprint density at radius 2 is 0.515 bits per heavy atom. The van der Waals surface area contributed by atoms with E-state index in [4.69, 9.17) is 37.0 Å². The number of phosphoric ester groups is 2. The normalized spacial score (nSPS) is 14.3. The molecule has 99 heavy (non-hydrogen) atoms. The third-order valence-electron chi connectivity index (χ3n) is 19.0. The van der Waals surface area contributed by atoms with Gasteiger partial charge in [0.05, 0.1) is 26.4 Å². The van der Waals surface area contributed by atoms with Crippen LogP contribution < -0.4 is 0 Å². The molecule has 0 radical (unpaired) electrons. The predicted molar refractivity (Wildman–Crippen MR) is 405 cm³/mol. The summed E-state index contributed by atoms with van der Waals surface area (Å²) >= 11 is 0. The SMILES string of the molecule is CCCCCCCCCCCCCCCC(=O)O[C@H](COC(=O)CCCCCCCCCCC(C)CC)COP(=O)(O)OC[C@H](O)COP(=O)(O)OC[C@@H](COC(=O)CCCCCCCCCCCCCCCC(C)C)OC(=O)CCCCCCCCCCCCCCCCCC(C)C. The molecule has 0 aliphatic carbocycles. The number of phosphoric acid groups is 2. The van der Waals surface area contributed by atoms with Gasteiger partial charge in [-0.2, -0.15) is 0 Å². The zero-order valence-electron chi connectivity index (χ0n) is 65.0. The molecule has 3 unspecified atom stereocenters. The Labute approximate surface area is 607 Å². The van der Waals surface area contributed by atoms with Crippen LogP contribution in [-0.4, -0.2) is 96.7 Å². The zero-order chi connectivity index (χ0) is 73.0. The minimum atomic E-state index is -4.96. The molecule has 0 aliphatic rings. The third kappa shape index (κ3) is 72.8. The minimum absolute atomic E-state index is 0.107. The highest BCUT2D eigenvalue weighted by Crippen LogP contribution is 2.45. The van der Waals surface area contributed by atoms with E-state index in [9.17, 15) is 43.2 Å². The van der Waals surface area contributed by atoms with Gasteiger partial charge in [-0.3, -0.25) is 37.3 Å². The molecule has 17 nitrogen and oxygen atoms in total. The number of aliphatic hydroxyl groups is 1. The topological polar surface area (TPSA) is 237 Å². The maximum Gasteiger partial charge on any atom is 0.472 e. The molecule has 3 N–H and O–H groups in total. The van der Waals surface area contributed by atoms with Crippen LogP contribution in [0.25, 0.3) is 0 Å². The Morgan fingerprint density at radius 3 is 0.768 bits per heavy atom. The van der Waals surface area contributed by atoms with Crippen molar-refractivity contribution in [2.45, 2.75) is 433 Å². The maximum absolute atomic E-state index is 13.1. The van der Waals surface area contributed by atoms with Gasteiger partial charge in [-0.25, -0.2) is 9.13 Å². The third-order valence-corrected chi connectivity index (χ3v) is 20.9. The molecular formula is C80H156O17P2. The first-order chi connectivity index (χ1) is 47.8. The number of rotatable bonds is 78. The summed E-state index contributed by atoms with van der Waals surface area (Å²) in [6.45, 7) is 12.0. The lowest BCUT2D eigenvalue weighted by Gasteiger charge is -2.21. The summed E-state index contributed by atoms with van der Waals surface area (Å²) in [6.07, 6.45) is 58.1. The van der Waals surface area contributed by atoms with Crippen LogP contribution >= 0.6 is 15.6 Å². The second kappa shape index (κ2) is 70.4. The van der Waals surface area contributed by atoms with Crippen LogP contribution in [0.1, 0.15) is 414 Å². The molecule has 0 saturated heterocycles. The Balaban J connectivity index is 5.26. The van der Waals surface area contributed by atoms with Crippen molar-refractivity contribution in [3.8, 4) is 0 Å². The van der Waals surface area contributed by atoms with Crippen molar-refractivity contribution in [3.63, 3.8) is 0 Å². The molecule has 0 aromatic rings. The number of hydrogen-bond acceptors (Lipinski definition) is 15. The number of unbranched alkanes of at least 4 members (excludes halogenated alkanes) is 45. The van der Waals surface area contributed by atoms with Crippen molar-refractivity contribution < 1.29 is 80.2 Å². The van der Waals surface area contributed by atoms with E-state index >= 15 is 0 Å². The van der Waals surface area contributed by atoms with Gasteiger partial charge in [0.25, 0.3) is 0 Å². The first-order valence-electron chi connectivity index (χ1n) is 41.4. The molecular weight excluding hydrogens is 1290 g/mol. The Kier molecular flexibility index (Phi) is 69.0. The molecule has 0 bridgehead atoms. The van der Waals surface area contributed by atoms with Gasteiger partial charge in [0, 0.05) is 25.7 Å². The molecule has 0 aliphatic heterocycles. The van der Waals surface area contributed by atoms with Crippen LogP contribution in [0.3, 0.4) is 0 Å². The van der Waals surface area contributed by atoms with Gasteiger partial charge >= 0.3 is 39.5 Å². The van der Waals surface area contributed by atoms with Crippen LogP contribution in [0.4, 0.5) is 0 Å². The fourth-order valence-corrected chi connectivity index (χ4v) is 13.9. The lowest BCUT2D eigenvalue weighted by atomic mass is 9.99. The van der Waals surface area contributed by atoms with Crippen LogP contribution in [-0.2, 0) is 65.4 Å². The average molecular weight is 1450 g/mol.